The lowest BCUT2D eigenvalue weighted by Gasteiger charge is -2.14. The first-order valence-corrected chi connectivity index (χ1v) is 10.7. The summed E-state index contributed by atoms with van der Waals surface area (Å²) in [6.45, 7) is 5.65. The summed E-state index contributed by atoms with van der Waals surface area (Å²) in [5.41, 5.74) is 2.94. The molecular formula is C24H24INO3. The number of rotatable bonds is 9. The number of hydrogen-bond donors (Lipinski definition) is 0. The van der Waals surface area contributed by atoms with Gasteiger partial charge in [-0.1, -0.05) is 30.3 Å². The molecular weight excluding hydrogens is 477 g/mol. The third kappa shape index (κ3) is 6.22. The van der Waals surface area contributed by atoms with Crippen LogP contribution in [-0.4, -0.2) is 19.4 Å². The van der Waals surface area contributed by atoms with Crippen molar-refractivity contribution in [2.75, 3.05) is 13.2 Å². The second kappa shape index (κ2) is 10.9. The lowest BCUT2D eigenvalue weighted by atomic mass is 10.2. The molecule has 3 rings (SSSR count). The second-order valence-corrected chi connectivity index (χ2v) is 7.38. The average molecular weight is 501 g/mol. The van der Waals surface area contributed by atoms with Gasteiger partial charge in [0.2, 0.25) is 0 Å². The molecule has 150 valence electrons. The van der Waals surface area contributed by atoms with E-state index < -0.39 is 0 Å². The SMILES string of the molecule is CCOc1ccc(N=Cc2cc(I)c(OCc3ccccc3)c(OCC)c2)cc1. The monoisotopic (exact) mass is 501 g/mol. The van der Waals surface area contributed by atoms with E-state index in [1.807, 2.05) is 86.8 Å². The standard InChI is InChI=1S/C24H24INO3/c1-3-27-21-12-10-20(11-13-21)26-16-19-14-22(25)24(23(15-19)28-4-2)29-17-18-8-6-5-7-9-18/h5-16H,3-4,17H2,1-2H3. The van der Waals surface area contributed by atoms with Crippen LogP contribution in [0.5, 0.6) is 17.2 Å². The molecule has 0 aliphatic heterocycles. The Bertz CT molecular complexity index is 940. The van der Waals surface area contributed by atoms with Crippen molar-refractivity contribution in [3.05, 3.63) is 81.4 Å². The summed E-state index contributed by atoms with van der Waals surface area (Å²) in [5.74, 6) is 2.33. The second-order valence-electron chi connectivity index (χ2n) is 6.22. The number of halogens is 1. The lowest BCUT2D eigenvalue weighted by Crippen LogP contribution is -2.02. The Morgan fingerprint density at radius 3 is 2.28 bits per heavy atom. The molecule has 4 nitrogen and oxygen atoms in total. The summed E-state index contributed by atoms with van der Waals surface area (Å²) in [7, 11) is 0. The zero-order chi connectivity index (χ0) is 20.5. The largest absolute Gasteiger partial charge is 0.494 e. The van der Waals surface area contributed by atoms with E-state index in [4.69, 9.17) is 14.2 Å². The normalized spacial score (nSPS) is 10.9. The van der Waals surface area contributed by atoms with Crippen LogP contribution in [0.4, 0.5) is 5.69 Å². The van der Waals surface area contributed by atoms with Crippen molar-refractivity contribution >= 4 is 34.5 Å². The minimum Gasteiger partial charge on any atom is -0.494 e. The molecule has 0 N–H and O–H groups in total. The number of hydrogen-bond acceptors (Lipinski definition) is 4. The van der Waals surface area contributed by atoms with Gasteiger partial charge >= 0.3 is 0 Å². The van der Waals surface area contributed by atoms with Crippen LogP contribution in [0.2, 0.25) is 0 Å². The van der Waals surface area contributed by atoms with Gasteiger partial charge in [0.15, 0.2) is 11.5 Å². The highest BCUT2D eigenvalue weighted by atomic mass is 127. The molecule has 0 aliphatic carbocycles. The highest BCUT2D eigenvalue weighted by Gasteiger charge is 2.12. The van der Waals surface area contributed by atoms with Crippen LogP contribution >= 0.6 is 22.6 Å². The first kappa shape index (κ1) is 21.2. The Labute approximate surface area is 185 Å². The van der Waals surface area contributed by atoms with Gasteiger partial charge in [-0.05, 0) is 84.0 Å². The fourth-order valence-corrected chi connectivity index (χ4v) is 3.52. The van der Waals surface area contributed by atoms with Crippen LogP contribution in [0.3, 0.4) is 0 Å². The third-order valence-corrected chi connectivity index (χ3v) is 4.87. The predicted octanol–water partition coefficient (Wildman–Crippen LogP) is 6.42. The molecule has 3 aromatic rings. The molecule has 0 spiro atoms. The van der Waals surface area contributed by atoms with E-state index in [1.54, 1.807) is 0 Å². The van der Waals surface area contributed by atoms with Gasteiger partial charge < -0.3 is 14.2 Å². The number of nitrogens with zero attached hydrogens (tertiary/aromatic N) is 1. The highest BCUT2D eigenvalue weighted by molar-refractivity contribution is 14.1. The molecule has 0 saturated heterocycles. The van der Waals surface area contributed by atoms with E-state index in [0.29, 0.717) is 19.8 Å². The van der Waals surface area contributed by atoms with Gasteiger partial charge in [-0.25, -0.2) is 0 Å². The van der Waals surface area contributed by atoms with Crippen LogP contribution in [0.25, 0.3) is 0 Å². The van der Waals surface area contributed by atoms with Gasteiger partial charge in [0.05, 0.1) is 22.5 Å². The number of ether oxygens (including phenoxy) is 3. The third-order valence-electron chi connectivity index (χ3n) is 4.07. The summed E-state index contributed by atoms with van der Waals surface area (Å²) in [6.07, 6.45) is 1.83. The Kier molecular flexibility index (Phi) is 7.93. The van der Waals surface area contributed by atoms with E-state index >= 15 is 0 Å². The maximum Gasteiger partial charge on any atom is 0.175 e. The van der Waals surface area contributed by atoms with E-state index in [1.165, 1.54) is 0 Å². The van der Waals surface area contributed by atoms with Crippen LogP contribution in [0.1, 0.15) is 25.0 Å². The molecule has 0 bridgehead atoms. The predicted molar refractivity (Wildman–Crippen MR) is 126 cm³/mol. The lowest BCUT2D eigenvalue weighted by molar-refractivity contribution is 0.267. The summed E-state index contributed by atoms with van der Waals surface area (Å²) in [6, 6.07) is 21.8. The van der Waals surface area contributed by atoms with Crippen molar-refractivity contribution in [3.63, 3.8) is 0 Å². The molecule has 0 radical (unpaired) electrons. The van der Waals surface area contributed by atoms with Crippen molar-refractivity contribution < 1.29 is 14.2 Å². The van der Waals surface area contributed by atoms with Crippen molar-refractivity contribution in [2.24, 2.45) is 4.99 Å². The van der Waals surface area contributed by atoms with Gasteiger partial charge in [-0.15, -0.1) is 0 Å². The minimum absolute atomic E-state index is 0.497. The zero-order valence-electron chi connectivity index (χ0n) is 16.6. The molecule has 5 heteroatoms. The van der Waals surface area contributed by atoms with E-state index in [9.17, 15) is 0 Å². The minimum atomic E-state index is 0.497. The molecule has 0 aromatic heterocycles. The maximum absolute atomic E-state index is 6.07. The molecule has 0 fully saturated rings. The van der Waals surface area contributed by atoms with Gasteiger partial charge in [0.1, 0.15) is 12.4 Å². The molecule has 0 unspecified atom stereocenters. The van der Waals surface area contributed by atoms with Gasteiger partial charge in [0.25, 0.3) is 0 Å². The molecule has 0 saturated carbocycles. The maximum atomic E-state index is 6.07. The molecule has 3 aromatic carbocycles. The van der Waals surface area contributed by atoms with Gasteiger partial charge in [-0.2, -0.15) is 0 Å². The number of benzene rings is 3. The average Bonchev–Trinajstić information content (AvgIpc) is 2.74. The van der Waals surface area contributed by atoms with E-state index in [-0.39, 0.29) is 0 Å². The highest BCUT2D eigenvalue weighted by Crippen LogP contribution is 2.34. The van der Waals surface area contributed by atoms with Crippen LogP contribution in [0, 0.1) is 3.57 Å². The van der Waals surface area contributed by atoms with Crippen molar-refractivity contribution in [2.45, 2.75) is 20.5 Å². The first-order chi connectivity index (χ1) is 14.2. The first-order valence-electron chi connectivity index (χ1n) is 9.59. The van der Waals surface area contributed by atoms with Gasteiger partial charge in [-0.3, -0.25) is 4.99 Å². The summed E-state index contributed by atoms with van der Waals surface area (Å²) >= 11 is 2.28. The Balaban J connectivity index is 1.77. The van der Waals surface area contributed by atoms with E-state index in [2.05, 4.69) is 27.6 Å². The van der Waals surface area contributed by atoms with Crippen LogP contribution < -0.4 is 14.2 Å². The van der Waals surface area contributed by atoms with Crippen molar-refractivity contribution in [1.82, 2.24) is 0 Å². The van der Waals surface area contributed by atoms with Crippen LogP contribution in [-0.2, 0) is 6.61 Å². The summed E-state index contributed by atoms with van der Waals surface area (Å²) in [4.78, 5) is 4.56. The topological polar surface area (TPSA) is 40.0 Å². The molecule has 0 aliphatic rings. The zero-order valence-corrected chi connectivity index (χ0v) is 18.8. The fraction of sp³-hybridized carbons (Fsp3) is 0.208. The van der Waals surface area contributed by atoms with Crippen LogP contribution in [0.15, 0.2) is 71.7 Å². The Morgan fingerprint density at radius 2 is 1.59 bits per heavy atom. The Morgan fingerprint density at radius 1 is 0.862 bits per heavy atom. The molecule has 0 atom stereocenters. The number of aliphatic imine (C=N–C) groups is 1. The quantitative estimate of drug-likeness (QED) is 0.251. The van der Waals surface area contributed by atoms with Crippen molar-refractivity contribution in [3.8, 4) is 17.2 Å². The molecule has 29 heavy (non-hydrogen) atoms. The molecule has 0 heterocycles. The van der Waals surface area contributed by atoms with Gasteiger partial charge in [0, 0.05) is 6.21 Å². The fourth-order valence-electron chi connectivity index (χ4n) is 2.74. The van der Waals surface area contributed by atoms with E-state index in [0.717, 1.165) is 37.6 Å². The summed E-state index contributed by atoms with van der Waals surface area (Å²) in [5, 5.41) is 0. The molecule has 0 amide bonds. The smallest absolute Gasteiger partial charge is 0.175 e. The summed E-state index contributed by atoms with van der Waals surface area (Å²) < 4.78 is 18.4. The Hall–Kier alpha value is -2.54. The van der Waals surface area contributed by atoms with Crippen molar-refractivity contribution in [1.29, 1.82) is 0 Å².